The largest absolute Gasteiger partial charge is 0.307 e. The van der Waals surface area contributed by atoms with Gasteiger partial charge in [0.15, 0.2) is 0 Å². The van der Waals surface area contributed by atoms with Gasteiger partial charge in [-0.2, -0.15) is 0 Å². The molecule has 5 heterocycles. The lowest BCUT2D eigenvalue weighted by molar-refractivity contribution is 1.16. The Labute approximate surface area is 257 Å². The molecule has 4 nitrogen and oxygen atoms in total. The lowest BCUT2D eigenvalue weighted by Crippen LogP contribution is -1.98. The van der Waals surface area contributed by atoms with Crippen molar-refractivity contribution in [2.45, 2.75) is 0 Å². The first-order chi connectivity index (χ1) is 21.8. The predicted molar refractivity (Wildman–Crippen MR) is 183 cm³/mol. The van der Waals surface area contributed by atoms with Gasteiger partial charge >= 0.3 is 0 Å². The van der Waals surface area contributed by atoms with Crippen molar-refractivity contribution < 1.29 is 0 Å². The molecule has 44 heavy (non-hydrogen) atoms. The predicted octanol–water partition coefficient (Wildman–Crippen LogP) is 10.3. The molecule has 0 radical (unpaired) electrons. The van der Waals surface area contributed by atoms with E-state index in [1.54, 1.807) is 0 Å². The summed E-state index contributed by atoms with van der Waals surface area (Å²) < 4.78 is 4.93. The summed E-state index contributed by atoms with van der Waals surface area (Å²) in [6.45, 7) is 0. The van der Waals surface area contributed by atoms with Gasteiger partial charge in [-0.15, -0.1) is 11.3 Å². The molecule has 0 N–H and O–H groups in total. The van der Waals surface area contributed by atoms with Crippen LogP contribution in [0.5, 0.6) is 0 Å². The van der Waals surface area contributed by atoms with Crippen molar-refractivity contribution in [2.75, 3.05) is 0 Å². The van der Waals surface area contributed by atoms with Crippen molar-refractivity contribution in [1.82, 2.24) is 19.5 Å². The first kappa shape index (κ1) is 24.9. The lowest BCUT2D eigenvalue weighted by atomic mass is 10.0. The second kappa shape index (κ2) is 9.97. The van der Waals surface area contributed by atoms with Gasteiger partial charge in [0.2, 0.25) is 0 Å². The van der Waals surface area contributed by atoms with Crippen LogP contribution in [-0.2, 0) is 0 Å². The molecule has 0 amide bonds. The average molecular weight is 581 g/mol. The second-order valence-electron chi connectivity index (χ2n) is 10.9. The van der Waals surface area contributed by atoms with Crippen molar-refractivity contribution >= 4 is 53.3 Å². The Bertz CT molecular complexity index is 2510. The van der Waals surface area contributed by atoms with E-state index in [1.807, 2.05) is 48.1 Å². The Kier molecular flexibility index (Phi) is 5.64. The molecular weight excluding hydrogens is 557 g/mol. The van der Waals surface area contributed by atoms with Gasteiger partial charge in [0.25, 0.3) is 0 Å². The molecule has 4 aromatic carbocycles. The van der Waals surface area contributed by atoms with Crippen LogP contribution in [0.25, 0.3) is 81.4 Å². The molecule has 0 fully saturated rings. The van der Waals surface area contributed by atoms with Gasteiger partial charge in [-0.25, -0.2) is 0 Å². The van der Waals surface area contributed by atoms with Crippen LogP contribution in [0.3, 0.4) is 0 Å². The van der Waals surface area contributed by atoms with E-state index in [-0.39, 0.29) is 0 Å². The minimum Gasteiger partial charge on any atom is -0.307 e. The number of pyridine rings is 3. The molecule has 5 heteroatoms. The van der Waals surface area contributed by atoms with E-state index >= 15 is 0 Å². The summed E-state index contributed by atoms with van der Waals surface area (Å²) in [6, 6.07) is 44.8. The van der Waals surface area contributed by atoms with Crippen molar-refractivity contribution in [3.63, 3.8) is 0 Å². The Morgan fingerprint density at radius 3 is 2.23 bits per heavy atom. The van der Waals surface area contributed by atoms with Gasteiger partial charge in [-0.3, -0.25) is 15.0 Å². The molecule has 0 atom stereocenters. The van der Waals surface area contributed by atoms with E-state index < -0.39 is 0 Å². The molecule has 0 aliphatic heterocycles. The SMILES string of the molecule is c1ccc(-c2nccc3c4ccccc4n(-c4cccc(-c5cc(-c6cccc7c6sc6ccccc67)ccn5)c4)c23)nc1. The summed E-state index contributed by atoms with van der Waals surface area (Å²) in [6.07, 6.45) is 5.63. The highest BCUT2D eigenvalue weighted by Crippen LogP contribution is 2.41. The first-order valence-corrected chi connectivity index (χ1v) is 15.4. The quantitative estimate of drug-likeness (QED) is 0.208. The summed E-state index contributed by atoms with van der Waals surface area (Å²) in [4.78, 5) is 14.3. The van der Waals surface area contributed by atoms with E-state index in [1.165, 1.54) is 31.1 Å². The van der Waals surface area contributed by atoms with Crippen molar-refractivity contribution in [3.8, 4) is 39.5 Å². The van der Waals surface area contributed by atoms with Gasteiger partial charge in [0.1, 0.15) is 5.69 Å². The molecule has 0 aliphatic carbocycles. The molecule has 9 aromatic rings. The monoisotopic (exact) mass is 580 g/mol. The second-order valence-corrected chi connectivity index (χ2v) is 11.9. The van der Waals surface area contributed by atoms with Crippen molar-refractivity contribution in [1.29, 1.82) is 0 Å². The van der Waals surface area contributed by atoms with E-state index in [0.29, 0.717) is 0 Å². The number of aromatic nitrogens is 4. The third kappa shape index (κ3) is 3.87. The van der Waals surface area contributed by atoms with Gasteiger partial charge in [0.05, 0.1) is 22.4 Å². The zero-order valence-electron chi connectivity index (χ0n) is 23.6. The third-order valence-corrected chi connectivity index (χ3v) is 9.59. The van der Waals surface area contributed by atoms with E-state index in [4.69, 9.17) is 9.97 Å². The molecule has 5 aromatic heterocycles. The molecule has 0 aliphatic rings. The Balaban J connectivity index is 1.22. The molecular formula is C39H24N4S. The molecule has 0 bridgehead atoms. The fourth-order valence-corrected chi connectivity index (χ4v) is 7.65. The molecule has 0 spiro atoms. The smallest absolute Gasteiger partial charge is 0.113 e. The van der Waals surface area contributed by atoms with Gasteiger partial charge in [-0.05, 0) is 65.7 Å². The molecule has 206 valence electrons. The molecule has 0 saturated carbocycles. The van der Waals surface area contributed by atoms with Crippen LogP contribution in [0.4, 0.5) is 0 Å². The van der Waals surface area contributed by atoms with Crippen molar-refractivity contribution in [3.05, 3.63) is 146 Å². The van der Waals surface area contributed by atoms with Crippen LogP contribution in [0, 0.1) is 0 Å². The Morgan fingerprint density at radius 1 is 0.500 bits per heavy atom. The number of fused-ring (bicyclic) bond motifs is 6. The Morgan fingerprint density at radius 2 is 1.30 bits per heavy atom. The van der Waals surface area contributed by atoms with Crippen LogP contribution in [-0.4, -0.2) is 19.5 Å². The number of nitrogens with zero attached hydrogens (tertiary/aromatic N) is 4. The highest BCUT2D eigenvalue weighted by Gasteiger charge is 2.18. The summed E-state index contributed by atoms with van der Waals surface area (Å²) >= 11 is 1.85. The highest BCUT2D eigenvalue weighted by molar-refractivity contribution is 7.26. The molecule has 0 saturated heterocycles. The average Bonchev–Trinajstić information content (AvgIpc) is 3.65. The zero-order valence-corrected chi connectivity index (χ0v) is 24.4. The fourth-order valence-electron chi connectivity index (χ4n) is 6.41. The van der Waals surface area contributed by atoms with Crippen LogP contribution >= 0.6 is 11.3 Å². The summed E-state index contributed by atoms with van der Waals surface area (Å²) in [5.74, 6) is 0. The van der Waals surface area contributed by atoms with E-state index in [0.717, 1.165) is 50.3 Å². The zero-order chi connectivity index (χ0) is 29.0. The number of hydrogen-bond donors (Lipinski definition) is 0. The van der Waals surface area contributed by atoms with Gasteiger partial charge in [-0.1, -0.05) is 72.8 Å². The van der Waals surface area contributed by atoms with Crippen LogP contribution in [0.1, 0.15) is 0 Å². The number of rotatable bonds is 4. The lowest BCUT2D eigenvalue weighted by Gasteiger charge is -2.12. The number of para-hydroxylation sites is 1. The minimum atomic E-state index is 0.850. The fraction of sp³-hybridized carbons (Fsp3) is 0. The maximum absolute atomic E-state index is 4.84. The first-order valence-electron chi connectivity index (χ1n) is 14.6. The van der Waals surface area contributed by atoms with Gasteiger partial charge in [0, 0.05) is 60.8 Å². The van der Waals surface area contributed by atoms with Crippen molar-refractivity contribution in [2.24, 2.45) is 0 Å². The van der Waals surface area contributed by atoms with E-state index in [2.05, 4.69) is 119 Å². The van der Waals surface area contributed by atoms with Gasteiger partial charge < -0.3 is 4.57 Å². The molecule has 0 unspecified atom stereocenters. The highest BCUT2D eigenvalue weighted by atomic mass is 32.1. The maximum atomic E-state index is 4.84. The molecule has 9 rings (SSSR count). The standard InChI is InChI=1S/C39H24N4S/c1-3-16-35-29(11-1)31-19-22-42-37(33-15-5-6-20-40-33)38(31)43(35)27-10-7-9-26(23-27)34-24-25(18-21-41-34)28-13-8-14-32-30-12-2-4-17-36(30)44-39(28)32/h1-24H. The summed E-state index contributed by atoms with van der Waals surface area (Å²) in [7, 11) is 0. The number of thiophene rings is 1. The van der Waals surface area contributed by atoms with E-state index in [9.17, 15) is 0 Å². The number of benzene rings is 4. The topological polar surface area (TPSA) is 43.6 Å². The number of hydrogen-bond acceptors (Lipinski definition) is 4. The van der Waals surface area contributed by atoms with Crippen LogP contribution < -0.4 is 0 Å². The summed E-state index contributed by atoms with van der Waals surface area (Å²) in [5.41, 5.74) is 9.33. The summed E-state index contributed by atoms with van der Waals surface area (Å²) in [5, 5.41) is 4.94. The normalized spacial score (nSPS) is 11.6. The maximum Gasteiger partial charge on any atom is 0.113 e. The van der Waals surface area contributed by atoms with Crippen LogP contribution in [0.15, 0.2) is 146 Å². The van der Waals surface area contributed by atoms with Crippen LogP contribution in [0.2, 0.25) is 0 Å². The minimum absolute atomic E-state index is 0.850. The Hall–Kier alpha value is -5.65. The third-order valence-electron chi connectivity index (χ3n) is 8.37.